The highest BCUT2D eigenvalue weighted by molar-refractivity contribution is 6.10. The van der Waals surface area contributed by atoms with Crippen molar-refractivity contribution in [2.45, 2.75) is 34.1 Å². The lowest BCUT2D eigenvalue weighted by Crippen LogP contribution is -2.14. The molecule has 136 valence electrons. The first kappa shape index (κ1) is 17.7. The second kappa shape index (κ2) is 6.33. The summed E-state index contributed by atoms with van der Waals surface area (Å²) in [5.74, 6) is 0.747. The third-order valence-electron chi connectivity index (χ3n) is 4.46. The summed E-state index contributed by atoms with van der Waals surface area (Å²) in [6.07, 6.45) is 2.30. The average molecular weight is 353 g/mol. The second-order valence-corrected chi connectivity index (χ2v) is 6.96. The molecule has 5 N–H and O–H groups in total. The topological polar surface area (TPSA) is 120 Å². The zero-order valence-corrected chi connectivity index (χ0v) is 15.4. The van der Waals surface area contributed by atoms with E-state index in [0.29, 0.717) is 40.4 Å². The Morgan fingerprint density at radius 2 is 2.00 bits per heavy atom. The van der Waals surface area contributed by atoms with Crippen LogP contribution in [0.3, 0.4) is 0 Å². The fraction of sp³-hybridized carbons (Fsp3) is 0.316. The van der Waals surface area contributed by atoms with Crippen LogP contribution in [-0.2, 0) is 6.42 Å². The first-order valence-corrected chi connectivity index (χ1v) is 8.47. The van der Waals surface area contributed by atoms with Gasteiger partial charge in [0.05, 0.1) is 16.6 Å². The van der Waals surface area contributed by atoms with Crippen LogP contribution >= 0.6 is 0 Å². The first-order chi connectivity index (χ1) is 12.2. The number of phenolic OH excluding ortho intramolecular Hbond substituents is 1. The zero-order chi connectivity index (χ0) is 19.2. The number of anilines is 1. The first-order valence-electron chi connectivity index (χ1n) is 8.47. The maximum absolute atomic E-state index is 12.0. The molecule has 0 radical (unpaired) electrons. The van der Waals surface area contributed by atoms with E-state index < -0.39 is 5.91 Å². The minimum Gasteiger partial charge on any atom is -0.508 e. The number of carbonyl (C=O) groups excluding carboxylic acids is 1. The number of nitrogen functional groups attached to an aromatic ring is 1. The molecule has 0 spiro atoms. The summed E-state index contributed by atoms with van der Waals surface area (Å²) in [4.78, 5) is 21.0. The Bertz CT molecular complexity index is 1020. The number of aryl methyl sites for hydroxylation is 1. The van der Waals surface area contributed by atoms with Crippen LogP contribution in [0, 0.1) is 19.8 Å². The second-order valence-electron chi connectivity index (χ2n) is 6.96. The van der Waals surface area contributed by atoms with Crippen molar-refractivity contribution in [3.05, 3.63) is 40.8 Å². The summed E-state index contributed by atoms with van der Waals surface area (Å²) < 4.78 is 1.69. The monoisotopic (exact) mass is 353 g/mol. The number of nitrogens with zero attached hydrogens (tertiary/aromatic N) is 3. The molecule has 7 heteroatoms. The van der Waals surface area contributed by atoms with Crippen molar-refractivity contribution >= 4 is 22.8 Å². The third-order valence-corrected chi connectivity index (χ3v) is 4.46. The Labute approximate surface area is 151 Å². The van der Waals surface area contributed by atoms with Crippen molar-refractivity contribution in [1.29, 1.82) is 0 Å². The van der Waals surface area contributed by atoms with Gasteiger partial charge >= 0.3 is 0 Å². The minimum absolute atomic E-state index is 0.143. The predicted octanol–water partition coefficient (Wildman–Crippen LogP) is 2.62. The lowest BCUT2D eigenvalue weighted by Gasteiger charge is -2.15. The Morgan fingerprint density at radius 3 is 2.62 bits per heavy atom. The molecule has 0 aliphatic heterocycles. The van der Waals surface area contributed by atoms with Crippen LogP contribution < -0.4 is 11.5 Å². The van der Waals surface area contributed by atoms with Crippen LogP contribution in [0.4, 0.5) is 5.82 Å². The van der Waals surface area contributed by atoms with Crippen molar-refractivity contribution in [2.75, 3.05) is 5.73 Å². The number of fused-ring (bicyclic) bond motifs is 1. The predicted molar refractivity (Wildman–Crippen MR) is 101 cm³/mol. The van der Waals surface area contributed by atoms with E-state index in [-0.39, 0.29) is 17.1 Å². The summed E-state index contributed by atoms with van der Waals surface area (Å²) in [5, 5.41) is 10.7. The zero-order valence-electron chi connectivity index (χ0n) is 15.4. The van der Waals surface area contributed by atoms with E-state index in [2.05, 4.69) is 23.8 Å². The van der Waals surface area contributed by atoms with E-state index in [1.54, 1.807) is 29.8 Å². The average Bonchev–Trinajstić information content (AvgIpc) is 2.83. The number of aromatic nitrogens is 3. The Morgan fingerprint density at radius 1 is 1.31 bits per heavy atom. The molecular weight excluding hydrogens is 330 g/mol. The van der Waals surface area contributed by atoms with Crippen molar-refractivity contribution in [2.24, 2.45) is 11.7 Å². The number of primary amides is 1. The van der Waals surface area contributed by atoms with Gasteiger partial charge in [0.1, 0.15) is 17.4 Å². The molecule has 26 heavy (non-hydrogen) atoms. The van der Waals surface area contributed by atoms with Crippen LogP contribution in [0.1, 0.15) is 41.2 Å². The smallest absolute Gasteiger partial charge is 0.253 e. The highest BCUT2D eigenvalue weighted by Crippen LogP contribution is 2.35. The van der Waals surface area contributed by atoms with Crippen molar-refractivity contribution in [3.8, 4) is 11.4 Å². The van der Waals surface area contributed by atoms with Crippen molar-refractivity contribution in [3.63, 3.8) is 0 Å². The molecule has 2 aromatic heterocycles. The SMILES string of the molecule is Cc1ccc(O)c(C)c1-n1c(N)c(C(N)=O)c2cnc(CC(C)C)nc21. The van der Waals surface area contributed by atoms with E-state index >= 15 is 0 Å². The molecule has 0 bridgehead atoms. The van der Waals surface area contributed by atoms with E-state index in [4.69, 9.17) is 11.5 Å². The van der Waals surface area contributed by atoms with Gasteiger partial charge in [0.25, 0.3) is 5.91 Å². The van der Waals surface area contributed by atoms with Gasteiger partial charge in [-0.25, -0.2) is 9.97 Å². The summed E-state index contributed by atoms with van der Waals surface area (Å²) in [7, 11) is 0. The van der Waals surface area contributed by atoms with Crippen LogP contribution in [-0.4, -0.2) is 25.5 Å². The third kappa shape index (κ3) is 2.75. The minimum atomic E-state index is -0.637. The number of aromatic hydroxyl groups is 1. The number of nitrogens with two attached hydrogens (primary N) is 2. The van der Waals surface area contributed by atoms with Crippen LogP contribution in [0.25, 0.3) is 16.7 Å². The maximum Gasteiger partial charge on any atom is 0.253 e. The molecule has 0 unspecified atom stereocenters. The molecule has 0 aliphatic rings. The largest absolute Gasteiger partial charge is 0.508 e. The summed E-state index contributed by atoms with van der Waals surface area (Å²) in [6, 6.07) is 3.42. The van der Waals surface area contributed by atoms with Gasteiger partial charge in [-0.05, 0) is 31.4 Å². The van der Waals surface area contributed by atoms with E-state index in [9.17, 15) is 9.90 Å². The van der Waals surface area contributed by atoms with Crippen molar-refractivity contribution < 1.29 is 9.90 Å². The van der Waals surface area contributed by atoms with Gasteiger partial charge in [-0.15, -0.1) is 0 Å². The van der Waals surface area contributed by atoms with Crippen LogP contribution in [0.15, 0.2) is 18.3 Å². The molecule has 0 saturated carbocycles. The van der Waals surface area contributed by atoms with Gasteiger partial charge in [0.15, 0.2) is 5.65 Å². The van der Waals surface area contributed by atoms with Gasteiger partial charge in [-0.3, -0.25) is 9.36 Å². The van der Waals surface area contributed by atoms with E-state index in [0.717, 1.165) is 5.56 Å². The summed E-state index contributed by atoms with van der Waals surface area (Å²) >= 11 is 0. The number of phenols is 1. The number of amides is 1. The van der Waals surface area contributed by atoms with Gasteiger partial charge in [0, 0.05) is 18.2 Å². The van der Waals surface area contributed by atoms with Crippen molar-refractivity contribution in [1.82, 2.24) is 14.5 Å². The standard InChI is InChI=1S/C19H23N5O2/c1-9(2)7-14-22-8-12-15(18(21)26)17(20)24(19(12)23-14)16-10(3)5-6-13(25)11(16)4/h5-6,8-9,25H,7,20H2,1-4H3,(H2,21,26). The van der Waals surface area contributed by atoms with Gasteiger partial charge in [0.2, 0.25) is 0 Å². The van der Waals surface area contributed by atoms with E-state index in [1.807, 2.05) is 6.92 Å². The maximum atomic E-state index is 12.0. The van der Waals surface area contributed by atoms with Gasteiger partial charge < -0.3 is 16.6 Å². The number of rotatable bonds is 4. The number of hydrogen-bond acceptors (Lipinski definition) is 5. The lowest BCUT2D eigenvalue weighted by atomic mass is 10.1. The molecular formula is C19H23N5O2. The lowest BCUT2D eigenvalue weighted by molar-refractivity contribution is 0.100. The Kier molecular flexibility index (Phi) is 4.31. The van der Waals surface area contributed by atoms with Gasteiger partial charge in [-0.2, -0.15) is 0 Å². The fourth-order valence-electron chi connectivity index (χ4n) is 3.24. The Balaban J connectivity index is 2.43. The van der Waals surface area contributed by atoms with Crippen LogP contribution in [0.2, 0.25) is 0 Å². The number of benzene rings is 1. The molecule has 3 rings (SSSR count). The molecule has 0 fully saturated rings. The van der Waals surface area contributed by atoms with Gasteiger partial charge in [-0.1, -0.05) is 19.9 Å². The molecule has 1 aromatic carbocycles. The normalized spacial score (nSPS) is 11.4. The highest BCUT2D eigenvalue weighted by Gasteiger charge is 2.24. The summed E-state index contributed by atoms with van der Waals surface area (Å²) in [5.41, 5.74) is 14.8. The number of carbonyl (C=O) groups is 1. The van der Waals surface area contributed by atoms with Crippen LogP contribution in [0.5, 0.6) is 5.75 Å². The molecule has 7 nitrogen and oxygen atoms in total. The fourth-order valence-corrected chi connectivity index (χ4v) is 3.24. The molecule has 2 heterocycles. The Hall–Kier alpha value is -3.09. The molecule has 0 aliphatic carbocycles. The molecule has 3 aromatic rings. The highest BCUT2D eigenvalue weighted by atomic mass is 16.3. The summed E-state index contributed by atoms with van der Waals surface area (Å²) in [6.45, 7) is 7.87. The molecule has 0 saturated heterocycles. The molecule has 1 amide bonds. The number of hydrogen-bond donors (Lipinski definition) is 3. The molecule has 0 atom stereocenters. The quantitative estimate of drug-likeness (QED) is 0.666. The van der Waals surface area contributed by atoms with E-state index in [1.165, 1.54) is 0 Å².